The first-order valence-corrected chi connectivity index (χ1v) is 18.0. The Morgan fingerprint density at radius 3 is 1.88 bits per heavy atom. The molecule has 0 fully saturated rings. The lowest BCUT2D eigenvalue weighted by Gasteiger charge is -2.11. The van der Waals surface area contributed by atoms with Crippen molar-refractivity contribution in [3.05, 3.63) is 188 Å². The predicted molar refractivity (Wildman–Crippen MR) is 211 cm³/mol. The average Bonchev–Trinajstić information content (AvgIpc) is 3.92. The van der Waals surface area contributed by atoms with Gasteiger partial charge in [-0.25, -0.2) is 0 Å². The molecule has 0 saturated heterocycles. The molecule has 0 spiro atoms. The minimum atomic E-state index is 0.869. The van der Waals surface area contributed by atoms with Crippen LogP contribution >= 0.6 is 11.3 Å². The number of aromatic nitrogens is 4. The summed E-state index contributed by atoms with van der Waals surface area (Å²) in [6.07, 6.45) is 1.91. The van der Waals surface area contributed by atoms with Crippen LogP contribution in [0, 0.1) is 0 Å². The van der Waals surface area contributed by atoms with Gasteiger partial charge >= 0.3 is 6.33 Å². The molecule has 0 bridgehead atoms. The molecule has 10 rings (SSSR count). The van der Waals surface area contributed by atoms with Crippen LogP contribution in [0.1, 0.15) is 0 Å². The monoisotopic (exact) mass is 671 g/mol. The maximum absolute atomic E-state index is 5.02. The van der Waals surface area contributed by atoms with Crippen LogP contribution in [0.25, 0.3) is 81.9 Å². The highest BCUT2D eigenvalue weighted by Crippen LogP contribution is 2.49. The van der Waals surface area contributed by atoms with E-state index in [4.69, 9.17) is 4.98 Å². The van der Waals surface area contributed by atoms with Crippen molar-refractivity contribution in [2.45, 2.75) is 0 Å². The number of fused-ring (bicyclic) bond motifs is 5. The lowest BCUT2D eigenvalue weighted by Crippen LogP contribution is -2.39. The maximum atomic E-state index is 5.02. The van der Waals surface area contributed by atoms with E-state index in [1.54, 1.807) is 0 Å². The van der Waals surface area contributed by atoms with Crippen LogP contribution < -0.4 is 4.68 Å². The van der Waals surface area contributed by atoms with Crippen molar-refractivity contribution in [1.82, 2.24) is 14.2 Å². The van der Waals surface area contributed by atoms with E-state index in [1.165, 1.54) is 53.5 Å². The Labute approximate surface area is 299 Å². The number of thiophene rings is 1. The number of para-hydroxylation sites is 3. The highest BCUT2D eigenvalue weighted by molar-refractivity contribution is 7.24. The van der Waals surface area contributed by atoms with Gasteiger partial charge in [-0.3, -0.25) is 0 Å². The molecule has 0 aliphatic rings. The number of hydrogen-bond acceptors (Lipinski definition) is 2. The van der Waals surface area contributed by atoms with Crippen LogP contribution in [0.4, 0.5) is 0 Å². The van der Waals surface area contributed by atoms with E-state index in [9.17, 15) is 0 Å². The topological polar surface area (TPSA) is 26.6 Å². The first-order chi connectivity index (χ1) is 25.3. The summed E-state index contributed by atoms with van der Waals surface area (Å²) in [5, 5.41) is 3.81. The van der Waals surface area contributed by atoms with E-state index in [0.717, 1.165) is 28.5 Å². The molecule has 3 aromatic heterocycles. The summed E-state index contributed by atoms with van der Waals surface area (Å²) in [7, 11) is 0. The van der Waals surface area contributed by atoms with Crippen LogP contribution in [0.3, 0.4) is 0 Å². The van der Waals surface area contributed by atoms with Crippen molar-refractivity contribution < 1.29 is 4.68 Å². The van der Waals surface area contributed by atoms with Gasteiger partial charge < -0.3 is 4.57 Å². The quantitative estimate of drug-likeness (QED) is 0.162. The minimum absolute atomic E-state index is 0.869. The van der Waals surface area contributed by atoms with Crippen molar-refractivity contribution in [2.24, 2.45) is 0 Å². The molecule has 0 saturated carbocycles. The zero-order chi connectivity index (χ0) is 33.7. The summed E-state index contributed by atoms with van der Waals surface area (Å²) in [6.45, 7) is 0. The molecule has 5 heteroatoms. The van der Waals surface area contributed by atoms with Gasteiger partial charge in [-0.1, -0.05) is 127 Å². The van der Waals surface area contributed by atoms with Crippen LogP contribution in [-0.2, 0) is 0 Å². The molecule has 0 amide bonds. The molecular formula is C46H31N4S+. The van der Waals surface area contributed by atoms with E-state index < -0.39 is 0 Å². The molecule has 240 valence electrons. The minimum Gasteiger partial charge on any atom is -0.309 e. The Bertz CT molecular complexity index is 2830. The normalized spacial score (nSPS) is 11.5. The Morgan fingerprint density at radius 2 is 1.12 bits per heavy atom. The number of rotatable bonds is 6. The third-order valence-electron chi connectivity index (χ3n) is 9.68. The van der Waals surface area contributed by atoms with Crippen LogP contribution in [-0.4, -0.2) is 14.2 Å². The van der Waals surface area contributed by atoms with Gasteiger partial charge in [0, 0.05) is 42.6 Å². The van der Waals surface area contributed by atoms with Crippen molar-refractivity contribution in [1.29, 1.82) is 0 Å². The van der Waals surface area contributed by atoms with Gasteiger partial charge in [0.2, 0.25) is 0 Å². The van der Waals surface area contributed by atoms with Gasteiger partial charge in [-0.15, -0.1) is 20.7 Å². The summed E-state index contributed by atoms with van der Waals surface area (Å²) in [5.41, 5.74) is 10.3. The molecule has 0 aliphatic carbocycles. The molecular weight excluding hydrogens is 641 g/mol. The highest BCUT2D eigenvalue weighted by Gasteiger charge is 2.25. The predicted octanol–water partition coefficient (Wildman–Crippen LogP) is 11.5. The third kappa shape index (κ3) is 4.82. The highest BCUT2D eigenvalue weighted by atomic mass is 32.1. The first kappa shape index (κ1) is 29.4. The fourth-order valence-electron chi connectivity index (χ4n) is 7.45. The Hall–Kier alpha value is -6.56. The maximum Gasteiger partial charge on any atom is 0.313 e. The van der Waals surface area contributed by atoms with Crippen molar-refractivity contribution in [3.8, 4) is 50.0 Å². The van der Waals surface area contributed by atoms with Crippen LogP contribution in [0.2, 0.25) is 0 Å². The van der Waals surface area contributed by atoms with E-state index in [-0.39, 0.29) is 0 Å². The van der Waals surface area contributed by atoms with Gasteiger partial charge in [-0.05, 0) is 70.7 Å². The van der Waals surface area contributed by atoms with Crippen molar-refractivity contribution in [3.63, 3.8) is 0 Å². The molecule has 0 aliphatic heterocycles. The largest absolute Gasteiger partial charge is 0.313 e. The summed E-state index contributed by atoms with van der Waals surface area (Å²) >= 11 is 1.90. The second-order valence-corrected chi connectivity index (χ2v) is 13.7. The van der Waals surface area contributed by atoms with Crippen LogP contribution in [0.15, 0.2) is 188 Å². The summed E-state index contributed by atoms with van der Waals surface area (Å²) < 4.78 is 8.02. The first-order valence-electron chi connectivity index (χ1n) is 17.1. The summed E-state index contributed by atoms with van der Waals surface area (Å²) in [5.74, 6) is 0.869. The SMILES string of the molecule is c1ccc(-c2sc3c(ccc4c3c3ccccc3n4-c3cccc(-c4nc[n+](-c5ccccc5)n4-c4ccccc4)c3)c2-c2ccccc2)cc1. The molecule has 0 radical (unpaired) electrons. The second-order valence-electron chi connectivity index (χ2n) is 12.7. The van der Waals surface area contributed by atoms with Gasteiger partial charge in [0.25, 0.3) is 5.82 Å². The smallest absolute Gasteiger partial charge is 0.309 e. The Kier molecular flexibility index (Phi) is 6.96. The van der Waals surface area contributed by atoms with Crippen molar-refractivity contribution >= 4 is 43.2 Å². The lowest BCUT2D eigenvalue weighted by molar-refractivity contribution is -0.675. The van der Waals surface area contributed by atoms with Gasteiger partial charge in [0.15, 0.2) is 5.69 Å². The average molecular weight is 672 g/mol. The number of nitrogens with zero attached hydrogens (tertiary/aromatic N) is 4. The lowest BCUT2D eigenvalue weighted by atomic mass is 9.98. The van der Waals surface area contributed by atoms with E-state index >= 15 is 0 Å². The molecule has 3 heterocycles. The number of hydrogen-bond donors (Lipinski definition) is 0. The molecule has 51 heavy (non-hydrogen) atoms. The van der Waals surface area contributed by atoms with Crippen LogP contribution in [0.5, 0.6) is 0 Å². The molecule has 0 N–H and O–H groups in total. The molecule has 7 aromatic carbocycles. The molecule has 0 atom stereocenters. The zero-order valence-electron chi connectivity index (χ0n) is 27.6. The third-order valence-corrected chi connectivity index (χ3v) is 11.0. The fraction of sp³-hybridized carbons (Fsp3) is 0. The Morgan fingerprint density at radius 1 is 0.490 bits per heavy atom. The molecule has 10 aromatic rings. The second kappa shape index (κ2) is 12.1. The standard InChI is InChI=1S/C46H31N4S/c1-5-16-32(17-6-1)42-39-28-29-41-43(45(39)51-44(42)33-18-7-2-8-19-33)38-26-13-14-27-40(38)49(41)37-25-15-20-34(30-37)46-47-31-48(35-21-9-3-10-22-35)50(46)36-23-11-4-12-24-36/h1-31H/q+1. The summed E-state index contributed by atoms with van der Waals surface area (Å²) in [6, 6.07) is 64.7. The van der Waals surface area contributed by atoms with E-state index in [1.807, 2.05) is 29.8 Å². The van der Waals surface area contributed by atoms with Gasteiger partial charge in [0.1, 0.15) is 0 Å². The summed E-state index contributed by atoms with van der Waals surface area (Å²) in [4.78, 5) is 6.31. The number of benzene rings is 7. The molecule has 0 unspecified atom stereocenters. The van der Waals surface area contributed by atoms with Crippen molar-refractivity contribution in [2.75, 3.05) is 0 Å². The zero-order valence-corrected chi connectivity index (χ0v) is 28.4. The van der Waals surface area contributed by atoms with E-state index in [0.29, 0.717) is 0 Å². The van der Waals surface area contributed by atoms with Gasteiger partial charge in [-0.2, -0.15) is 0 Å². The fourth-order valence-corrected chi connectivity index (χ4v) is 8.83. The van der Waals surface area contributed by atoms with E-state index in [2.05, 4.69) is 184 Å². The van der Waals surface area contributed by atoms with Gasteiger partial charge in [0.05, 0.1) is 16.7 Å². The molecule has 4 nitrogen and oxygen atoms in total. The Balaban J connectivity index is 1.21.